The highest BCUT2D eigenvalue weighted by Crippen LogP contribution is 2.36. The highest BCUT2D eigenvalue weighted by molar-refractivity contribution is 6.31. The SMILES string of the molecule is CCOC(=O)c1cnc2cc(OCC)c(CCCO)cc2c1Nc1cccc(Cl)c1F. The molecule has 0 aliphatic rings. The standard InChI is InChI=1S/C23H24ClFN2O4/c1-3-30-20-12-19-15(11-14(20)7-6-10-28)22(16(13-26-19)23(29)31-4-2)27-18-9-5-8-17(24)21(18)25/h5,8-9,11-13,28H,3-4,6-7,10H2,1-2H3,(H,26,27). The van der Waals surface area contributed by atoms with E-state index >= 15 is 0 Å². The lowest BCUT2D eigenvalue weighted by Gasteiger charge is -2.17. The zero-order chi connectivity index (χ0) is 22.4. The fraction of sp³-hybridized carbons (Fsp3) is 0.304. The van der Waals surface area contributed by atoms with Crippen molar-refractivity contribution in [2.24, 2.45) is 0 Å². The van der Waals surface area contributed by atoms with Gasteiger partial charge in [0.2, 0.25) is 0 Å². The van der Waals surface area contributed by atoms with E-state index in [1.165, 1.54) is 18.3 Å². The normalized spacial score (nSPS) is 10.9. The molecule has 0 radical (unpaired) electrons. The quantitative estimate of drug-likeness (QED) is 0.436. The summed E-state index contributed by atoms with van der Waals surface area (Å²) < 4.78 is 25.5. The lowest BCUT2D eigenvalue weighted by atomic mass is 10.0. The number of fused-ring (bicyclic) bond motifs is 1. The van der Waals surface area contributed by atoms with Gasteiger partial charge in [0.1, 0.15) is 11.3 Å². The van der Waals surface area contributed by atoms with Crippen LogP contribution < -0.4 is 10.1 Å². The molecule has 0 aliphatic carbocycles. The number of hydrogen-bond acceptors (Lipinski definition) is 6. The molecule has 0 saturated carbocycles. The molecule has 6 nitrogen and oxygen atoms in total. The third kappa shape index (κ3) is 5.06. The molecule has 2 aromatic carbocycles. The van der Waals surface area contributed by atoms with Crippen LogP contribution in [0.5, 0.6) is 5.75 Å². The molecule has 3 rings (SSSR count). The van der Waals surface area contributed by atoms with E-state index in [0.717, 1.165) is 5.56 Å². The molecule has 0 unspecified atom stereocenters. The Labute approximate surface area is 185 Å². The first-order valence-corrected chi connectivity index (χ1v) is 10.4. The number of esters is 1. The number of rotatable bonds is 9. The smallest absolute Gasteiger partial charge is 0.341 e. The Bertz CT molecular complexity index is 1090. The molecule has 1 aromatic heterocycles. The summed E-state index contributed by atoms with van der Waals surface area (Å²) in [6.45, 7) is 4.28. The van der Waals surface area contributed by atoms with Crippen LogP contribution in [0.2, 0.25) is 5.02 Å². The molecule has 0 amide bonds. The summed E-state index contributed by atoms with van der Waals surface area (Å²) in [6.07, 6.45) is 2.51. The fourth-order valence-corrected chi connectivity index (χ4v) is 3.43. The Kier molecular flexibility index (Phi) is 7.65. The molecule has 0 atom stereocenters. The number of carbonyl (C=O) groups excluding carboxylic acids is 1. The molecule has 2 N–H and O–H groups in total. The van der Waals surface area contributed by atoms with Gasteiger partial charge >= 0.3 is 5.97 Å². The summed E-state index contributed by atoms with van der Waals surface area (Å²) in [4.78, 5) is 17.0. The van der Waals surface area contributed by atoms with E-state index in [4.69, 9.17) is 21.1 Å². The van der Waals surface area contributed by atoms with Gasteiger partial charge in [-0.05, 0) is 50.5 Å². The maximum absolute atomic E-state index is 14.6. The number of aromatic nitrogens is 1. The number of benzene rings is 2. The molecular formula is C23H24ClFN2O4. The first-order chi connectivity index (χ1) is 15.0. The number of halogens is 2. The van der Waals surface area contributed by atoms with Crippen molar-refractivity contribution >= 4 is 39.8 Å². The second-order valence-corrected chi connectivity index (χ2v) is 7.14. The maximum atomic E-state index is 14.6. The number of aliphatic hydroxyl groups is 1. The number of carbonyl (C=O) groups is 1. The van der Waals surface area contributed by atoms with Crippen LogP contribution in [-0.4, -0.2) is 35.9 Å². The van der Waals surface area contributed by atoms with Crippen molar-refractivity contribution < 1.29 is 23.8 Å². The zero-order valence-corrected chi connectivity index (χ0v) is 18.1. The molecule has 0 saturated heterocycles. The first kappa shape index (κ1) is 22.8. The van der Waals surface area contributed by atoms with Crippen LogP contribution in [-0.2, 0) is 11.2 Å². The second kappa shape index (κ2) is 10.4. The molecule has 8 heteroatoms. The van der Waals surface area contributed by atoms with Crippen LogP contribution in [0.1, 0.15) is 36.2 Å². The van der Waals surface area contributed by atoms with Gasteiger partial charge in [-0.3, -0.25) is 4.98 Å². The molecule has 3 aromatic rings. The van der Waals surface area contributed by atoms with Gasteiger partial charge < -0.3 is 19.9 Å². The Balaban J connectivity index is 2.23. The summed E-state index contributed by atoms with van der Waals surface area (Å²) in [5.41, 5.74) is 2.07. The predicted octanol–water partition coefficient (Wildman–Crippen LogP) is 5.27. The van der Waals surface area contributed by atoms with Crippen molar-refractivity contribution in [1.82, 2.24) is 4.98 Å². The van der Waals surface area contributed by atoms with E-state index in [0.29, 0.717) is 41.8 Å². The van der Waals surface area contributed by atoms with Crippen LogP contribution in [0, 0.1) is 5.82 Å². The van der Waals surface area contributed by atoms with E-state index in [-0.39, 0.29) is 29.5 Å². The summed E-state index contributed by atoms with van der Waals surface area (Å²) in [6, 6.07) is 8.21. The largest absolute Gasteiger partial charge is 0.494 e. The van der Waals surface area contributed by atoms with Crippen LogP contribution in [0.25, 0.3) is 10.9 Å². The van der Waals surface area contributed by atoms with Crippen molar-refractivity contribution in [3.8, 4) is 5.75 Å². The van der Waals surface area contributed by atoms with Crippen LogP contribution in [0.3, 0.4) is 0 Å². The molecule has 31 heavy (non-hydrogen) atoms. The number of pyridine rings is 1. The number of anilines is 2. The molecule has 0 spiro atoms. The minimum atomic E-state index is -0.629. The van der Waals surface area contributed by atoms with E-state index < -0.39 is 11.8 Å². The topological polar surface area (TPSA) is 80.7 Å². The summed E-state index contributed by atoms with van der Waals surface area (Å²) >= 11 is 5.93. The molecule has 0 bridgehead atoms. The Hall–Kier alpha value is -2.90. The van der Waals surface area contributed by atoms with E-state index in [1.807, 2.05) is 13.0 Å². The fourth-order valence-electron chi connectivity index (χ4n) is 3.25. The minimum Gasteiger partial charge on any atom is -0.494 e. The van der Waals surface area contributed by atoms with Gasteiger partial charge in [-0.2, -0.15) is 0 Å². The highest BCUT2D eigenvalue weighted by atomic mass is 35.5. The van der Waals surface area contributed by atoms with Crippen LogP contribution in [0.15, 0.2) is 36.5 Å². The van der Waals surface area contributed by atoms with Crippen molar-refractivity contribution in [2.75, 3.05) is 25.1 Å². The number of aliphatic hydroxyl groups excluding tert-OH is 1. The molecule has 0 fully saturated rings. The highest BCUT2D eigenvalue weighted by Gasteiger charge is 2.20. The van der Waals surface area contributed by atoms with Gasteiger partial charge in [0.25, 0.3) is 0 Å². The molecule has 0 aliphatic heterocycles. The van der Waals surface area contributed by atoms with E-state index in [1.54, 1.807) is 19.1 Å². The van der Waals surface area contributed by atoms with Gasteiger partial charge in [-0.15, -0.1) is 0 Å². The van der Waals surface area contributed by atoms with Gasteiger partial charge in [0, 0.05) is 24.3 Å². The average Bonchev–Trinajstić information content (AvgIpc) is 2.76. The van der Waals surface area contributed by atoms with Crippen LogP contribution in [0.4, 0.5) is 15.8 Å². The van der Waals surface area contributed by atoms with E-state index in [2.05, 4.69) is 10.3 Å². The van der Waals surface area contributed by atoms with Crippen molar-refractivity contribution in [2.45, 2.75) is 26.7 Å². The minimum absolute atomic E-state index is 0.0313. The van der Waals surface area contributed by atoms with E-state index in [9.17, 15) is 14.3 Å². The third-order valence-corrected chi connectivity index (χ3v) is 4.95. The number of hydrogen-bond donors (Lipinski definition) is 2. The third-order valence-electron chi connectivity index (χ3n) is 4.66. The number of nitrogens with zero attached hydrogens (tertiary/aromatic N) is 1. The molecule has 1 heterocycles. The van der Waals surface area contributed by atoms with Gasteiger partial charge in [-0.25, -0.2) is 9.18 Å². The summed E-state index contributed by atoms with van der Waals surface area (Å²) in [5, 5.41) is 12.8. The number of aryl methyl sites for hydroxylation is 1. The zero-order valence-electron chi connectivity index (χ0n) is 17.4. The number of nitrogens with one attached hydrogen (secondary N) is 1. The lowest BCUT2D eigenvalue weighted by Crippen LogP contribution is -2.10. The summed E-state index contributed by atoms with van der Waals surface area (Å²) in [5.74, 6) is -0.553. The second-order valence-electron chi connectivity index (χ2n) is 6.73. The van der Waals surface area contributed by atoms with Crippen molar-refractivity contribution in [1.29, 1.82) is 0 Å². The monoisotopic (exact) mass is 446 g/mol. The Morgan fingerprint density at radius 3 is 2.77 bits per heavy atom. The first-order valence-electron chi connectivity index (χ1n) is 10.1. The van der Waals surface area contributed by atoms with Gasteiger partial charge in [0.05, 0.1) is 35.1 Å². The van der Waals surface area contributed by atoms with Gasteiger partial charge in [-0.1, -0.05) is 17.7 Å². The predicted molar refractivity (Wildman–Crippen MR) is 119 cm³/mol. The summed E-state index contributed by atoms with van der Waals surface area (Å²) in [7, 11) is 0. The van der Waals surface area contributed by atoms with Crippen LogP contribution >= 0.6 is 11.6 Å². The average molecular weight is 447 g/mol. The van der Waals surface area contributed by atoms with Gasteiger partial charge in [0.15, 0.2) is 5.82 Å². The van der Waals surface area contributed by atoms with Crippen molar-refractivity contribution in [3.63, 3.8) is 0 Å². The lowest BCUT2D eigenvalue weighted by molar-refractivity contribution is 0.0527. The Morgan fingerprint density at radius 2 is 2.06 bits per heavy atom. The molecule has 164 valence electrons. The van der Waals surface area contributed by atoms with Crippen molar-refractivity contribution in [3.05, 3.63) is 58.5 Å². The molecular weight excluding hydrogens is 423 g/mol. The maximum Gasteiger partial charge on any atom is 0.341 e. The number of ether oxygens (including phenoxy) is 2. The Morgan fingerprint density at radius 1 is 1.26 bits per heavy atom.